The molecule has 4 rings (SSSR count). The predicted octanol–water partition coefficient (Wildman–Crippen LogP) is 4.03. The fourth-order valence-corrected chi connectivity index (χ4v) is 3.61. The molecule has 1 aliphatic rings. The lowest BCUT2D eigenvalue weighted by molar-refractivity contribution is 0.149. The van der Waals surface area contributed by atoms with Crippen molar-refractivity contribution in [1.29, 1.82) is 0 Å². The molecule has 2 aromatic heterocycles. The van der Waals surface area contributed by atoms with Gasteiger partial charge >= 0.3 is 6.09 Å². The fourth-order valence-electron chi connectivity index (χ4n) is 3.61. The van der Waals surface area contributed by atoms with Crippen LogP contribution >= 0.6 is 0 Å². The van der Waals surface area contributed by atoms with Crippen LogP contribution in [0.2, 0.25) is 0 Å². The SMILES string of the molecule is Cc1cccnc1CCc1ccc(OC(=O)N2CCN(c3ccc(F)cn3)CC2)cc1. The summed E-state index contributed by atoms with van der Waals surface area (Å²) in [5, 5.41) is 0. The number of carbonyl (C=O) groups is 1. The summed E-state index contributed by atoms with van der Waals surface area (Å²) in [6, 6.07) is 14.7. The summed E-state index contributed by atoms with van der Waals surface area (Å²) in [5.74, 6) is 0.889. The van der Waals surface area contributed by atoms with Crippen molar-refractivity contribution in [3.05, 3.63) is 83.6 Å². The maximum absolute atomic E-state index is 13.0. The second-order valence-corrected chi connectivity index (χ2v) is 7.59. The van der Waals surface area contributed by atoms with Crippen LogP contribution in [0.5, 0.6) is 5.75 Å². The molecule has 31 heavy (non-hydrogen) atoms. The van der Waals surface area contributed by atoms with E-state index in [4.69, 9.17) is 4.74 Å². The van der Waals surface area contributed by atoms with E-state index in [1.165, 1.54) is 23.4 Å². The average Bonchev–Trinajstić information content (AvgIpc) is 2.80. The highest BCUT2D eigenvalue weighted by molar-refractivity contribution is 5.71. The smallest absolute Gasteiger partial charge is 0.410 e. The van der Waals surface area contributed by atoms with Crippen LogP contribution in [0.4, 0.5) is 15.0 Å². The van der Waals surface area contributed by atoms with Crippen LogP contribution in [0.25, 0.3) is 0 Å². The van der Waals surface area contributed by atoms with Crippen LogP contribution in [-0.4, -0.2) is 47.1 Å². The summed E-state index contributed by atoms with van der Waals surface area (Å²) in [6.07, 6.45) is 4.42. The van der Waals surface area contributed by atoms with Crippen LogP contribution in [0.15, 0.2) is 60.9 Å². The van der Waals surface area contributed by atoms with Crippen LogP contribution < -0.4 is 9.64 Å². The normalized spacial score (nSPS) is 13.9. The molecule has 0 radical (unpaired) electrons. The number of piperazine rings is 1. The van der Waals surface area contributed by atoms with Gasteiger partial charge < -0.3 is 14.5 Å². The third kappa shape index (κ3) is 5.36. The van der Waals surface area contributed by atoms with Gasteiger partial charge in [0.25, 0.3) is 0 Å². The molecule has 1 amide bonds. The van der Waals surface area contributed by atoms with E-state index in [1.54, 1.807) is 11.0 Å². The van der Waals surface area contributed by atoms with Gasteiger partial charge in [-0.2, -0.15) is 0 Å². The summed E-state index contributed by atoms with van der Waals surface area (Å²) in [7, 11) is 0. The number of benzene rings is 1. The van der Waals surface area contributed by atoms with Crippen LogP contribution in [0.3, 0.4) is 0 Å². The summed E-state index contributed by atoms with van der Waals surface area (Å²) >= 11 is 0. The van der Waals surface area contributed by atoms with Gasteiger partial charge in [-0.05, 0) is 61.2 Å². The summed E-state index contributed by atoms with van der Waals surface area (Å²) in [5.41, 5.74) is 3.47. The number of pyridine rings is 2. The first kappa shape index (κ1) is 20.8. The third-order valence-electron chi connectivity index (χ3n) is 5.47. The lowest BCUT2D eigenvalue weighted by atomic mass is 10.1. The molecule has 1 aromatic carbocycles. The fraction of sp³-hybridized carbons (Fsp3) is 0.292. The Morgan fingerprint density at radius 2 is 1.77 bits per heavy atom. The van der Waals surface area contributed by atoms with Gasteiger partial charge in [0.2, 0.25) is 0 Å². The molecule has 0 saturated carbocycles. The monoisotopic (exact) mass is 420 g/mol. The Bertz CT molecular complexity index is 1020. The van der Waals surface area contributed by atoms with Crippen molar-refractivity contribution in [2.24, 2.45) is 0 Å². The quantitative estimate of drug-likeness (QED) is 0.624. The number of anilines is 1. The number of hydrogen-bond donors (Lipinski definition) is 0. The minimum Gasteiger partial charge on any atom is -0.410 e. The highest BCUT2D eigenvalue weighted by Crippen LogP contribution is 2.18. The number of nitrogens with zero attached hydrogens (tertiary/aromatic N) is 4. The van der Waals surface area contributed by atoms with Crippen molar-refractivity contribution < 1.29 is 13.9 Å². The maximum atomic E-state index is 13.0. The molecular formula is C24H25FN4O2. The molecule has 0 unspecified atom stereocenters. The topological polar surface area (TPSA) is 58.6 Å². The van der Waals surface area contributed by atoms with Crippen LogP contribution in [-0.2, 0) is 12.8 Å². The number of halogens is 1. The first-order valence-corrected chi connectivity index (χ1v) is 10.4. The number of carbonyl (C=O) groups excluding carboxylic acids is 1. The van der Waals surface area contributed by atoms with E-state index in [0.29, 0.717) is 37.7 Å². The largest absolute Gasteiger partial charge is 0.415 e. The number of aromatic nitrogens is 2. The minimum absolute atomic E-state index is 0.358. The Balaban J connectivity index is 1.26. The van der Waals surface area contributed by atoms with Crippen molar-refractivity contribution in [3.8, 4) is 5.75 Å². The molecule has 0 atom stereocenters. The van der Waals surface area contributed by atoms with Gasteiger partial charge in [-0.25, -0.2) is 14.2 Å². The van der Waals surface area contributed by atoms with Gasteiger partial charge in [-0.3, -0.25) is 4.98 Å². The highest BCUT2D eigenvalue weighted by atomic mass is 19.1. The number of aryl methyl sites for hydroxylation is 3. The molecule has 3 aromatic rings. The second-order valence-electron chi connectivity index (χ2n) is 7.59. The molecule has 3 heterocycles. The number of rotatable bonds is 5. The summed E-state index contributed by atoms with van der Waals surface area (Å²) < 4.78 is 18.6. The molecule has 0 spiro atoms. The third-order valence-corrected chi connectivity index (χ3v) is 5.47. The van der Waals surface area contributed by atoms with E-state index in [0.717, 1.165) is 18.5 Å². The highest BCUT2D eigenvalue weighted by Gasteiger charge is 2.23. The van der Waals surface area contributed by atoms with E-state index in [-0.39, 0.29) is 11.9 Å². The molecule has 0 N–H and O–H groups in total. The molecule has 0 aliphatic carbocycles. The Morgan fingerprint density at radius 1 is 1.00 bits per heavy atom. The molecule has 0 bridgehead atoms. The van der Waals surface area contributed by atoms with Crippen molar-refractivity contribution in [3.63, 3.8) is 0 Å². The van der Waals surface area contributed by atoms with Crippen molar-refractivity contribution in [2.45, 2.75) is 19.8 Å². The first-order chi connectivity index (χ1) is 15.1. The zero-order valence-electron chi connectivity index (χ0n) is 17.5. The Kier molecular flexibility index (Phi) is 6.40. The standard InChI is InChI=1S/C24H25FN4O2/c1-18-3-2-12-26-22(18)10-6-19-4-8-21(9-5-19)31-24(30)29-15-13-28(14-16-29)23-11-7-20(25)17-27-23/h2-5,7-9,11-12,17H,6,10,13-16H2,1H3. The van der Waals surface area contributed by atoms with Crippen molar-refractivity contribution in [2.75, 3.05) is 31.1 Å². The van der Waals surface area contributed by atoms with E-state index in [1.807, 2.05) is 41.4 Å². The number of hydrogen-bond acceptors (Lipinski definition) is 5. The number of amides is 1. The van der Waals surface area contributed by atoms with E-state index < -0.39 is 0 Å². The Morgan fingerprint density at radius 3 is 2.45 bits per heavy atom. The predicted molar refractivity (Wildman–Crippen MR) is 117 cm³/mol. The van der Waals surface area contributed by atoms with E-state index in [9.17, 15) is 9.18 Å². The van der Waals surface area contributed by atoms with Gasteiger partial charge in [-0.1, -0.05) is 18.2 Å². The van der Waals surface area contributed by atoms with Crippen molar-refractivity contribution in [1.82, 2.24) is 14.9 Å². The molecule has 1 aliphatic heterocycles. The molecule has 1 saturated heterocycles. The molecule has 1 fully saturated rings. The minimum atomic E-state index is -0.358. The van der Waals surface area contributed by atoms with Crippen molar-refractivity contribution >= 4 is 11.9 Å². The molecular weight excluding hydrogens is 395 g/mol. The van der Waals surface area contributed by atoms with Crippen LogP contribution in [0.1, 0.15) is 16.8 Å². The average molecular weight is 420 g/mol. The van der Waals surface area contributed by atoms with E-state index in [2.05, 4.69) is 23.0 Å². The van der Waals surface area contributed by atoms with Gasteiger partial charge in [0, 0.05) is 38.1 Å². The zero-order valence-corrected chi connectivity index (χ0v) is 17.5. The first-order valence-electron chi connectivity index (χ1n) is 10.4. The lowest BCUT2D eigenvalue weighted by Gasteiger charge is -2.34. The summed E-state index contributed by atoms with van der Waals surface area (Å²) in [4.78, 5) is 24.7. The summed E-state index contributed by atoms with van der Waals surface area (Å²) in [6.45, 7) is 4.37. The maximum Gasteiger partial charge on any atom is 0.415 e. The second kappa shape index (κ2) is 9.55. The van der Waals surface area contributed by atoms with Gasteiger partial charge in [0.05, 0.1) is 6.20 Å². The molecule has 6 nitrogen and oxygen atoms in total. The van der Waals surface area contributed by atoms with E-state index >= 15 is 0 Å². The van der Waals surface area contributed by atoms with Gasteiger partial charge in [0.15, 0.2) is 0 Å². The zero-order chi connectivity index (χ0) is 21.6. The molecule has 160 valence electrons. The van der Waals surface area contributed by atoms with Gasteiger partial charge in [-0.15, -0.1) is 0 Å². The molecule has 7 heteroatoms. The number of ether oxygens (including phenoxy) is 1. The lowest BCUT2D eigenvalue weighted by Crippen LogP contribution is -2.49. The Labute approximate surface area is 181 Å². The van der Waals surface area contributed by atoms with Crippen LogP contribution in [0, 0.1) is 12.7 Å². The van der Waals surface area contributed by atoms with Gasteiger partial charge in [0.1, 0.15) is 17.4 Å². The Hall–Kier alpha value is -3.48.